The van der Waals surface area contributed by atoms with Crippen LogP contribution in [0.4, 0.5) is 0 Å². The summed E-state index contributed by atoms with van der Waals surface area (Å²) in [5.74, 6) is 1.12. The van der Waals surface area contributed by atoms with Crippen LogP contribution in [0, 0.1) is 0 Å². The molecule has 1 amide bonds. The molecule has 2 N–H and O–H groups in total. The van der Waals surface area contributed by atoms with Gasteiger partial charge in [0.15, 0.2) is 0 Å². The predicted octanol–water partition coefficient (Wildman–Crippen LogP) is 3.97. The van der Waals surface area contributed by atoms with Crippen LogP contribution in [0.15, 0.2) is 45.9 Å². The summed E-state index contributed by atoms with van der Waals surface area (Å²) in [6.45, 7) is 0.286. The van der Waals surface area contributed by atoms with Crippen molar-refractivity contribution < 1.29 is 9.21 Å². The normalized spacial score (nSPS) is 15.6. The first-order valence-corrected chi connectivity index (χ1v) is 8.99. The summed E-state index contributed by atoms with van der Waals surface area (Å²) < 4.78 is 5.69. The maximum Gasteiger partial charge on any atom is 0.254 e. The molecule has 25 heavy (non-hydrogen) atoms. The first-order chi connectivity index (χ1) is 12.2. The zero-order valence-corrected chi connectivity index (χ0v) is 14.8. The van der Waals surface area contributed by atoms with E-state index in [1.807, 2.05) is 30.3 Å². The number of hydrazone groups is 1. The van der Waals surface area contributed by atoms with Gasteiger partial charge in [-0.05, 0) is 37.1 Å². The second-order valence-electron chi connectivity index (χ2n) is 6.22. The van der Waals surface area contributed by atoms with Crippen molar-refractivity contribution in [3.05, 3.63) is 47.2 Å². The minimum Gasteiger partial charge on any atom is -0.455 e. The van der Waals surface area contributed by atoms with Crippen LogP contribution < -0.4 is 10.7 Å². The highest BCUT2D eigenvalue weighted by Crippen LogP contribution is 2.24. The van der Waals surface area contributed by atoms with Crippen LogP contribution in [-0.2, 0) is 4.79 Å². The highest BCUT2D eigenvalue weighted by atomic mass is 35.5. The number of hydrogen-bond acceptors (Lipinski definition) is 4. The van der Waals surface area contributed by atoms with Crippen LogP contribution >= 0.6 is 11.6 Å². The quantitative estimate of drug-likeness (QED) is 0.605. The van der Waals surface area contributed by atoms with E-state index in [4.69, 9.17) is 16.0 Å². The van der Waals surface area contributed by atoms with E-state index >= 15 is 0 Å². The molecule has 1 aromatic carbocycles. The average Bonchev–Trinajstić information content (AvgIpc) is 3.10. The number of rotatable bonds is 6. The number of nitrogens with zero attached hydrogens (tertiary/aromatic N) is 1. The van der Waals surface area contributed by atoms with Crippen molar-refractivity contribution in [2.45, 2.75) is 38.1 Å². The van der Waals surface area contributed by atoms with Gasteiger partial charge in [0.2, 0.25) is 0 Å². The Morgan fingerprint density at radius 2 is 2.08 bits per heavy atom. The van der Waals surface area contributed by atoms with Crippen LogP contribution in [0.25, 0.3) is 11.3 Å². The van der Waals surface area contributed by atoms with E-state index in [1.165, 1.54) is 25.5 Å². The molecule has 0 bridgehead atoms. The SMILES string of the molecule is O=C(CNC1CCCCC1)N/N=C\c1ccc(-c2cccc(Cl)c2)o1. The third-order valence-electron chi connectivity index (χ3n) is 4.27. The van der Waals surface area contributed by atoms with Crippen LogP contribution in [0.3, 0.4) is 0 Å². The molecule has 0 radical (unpaired) electrons. The molecule has 132 valence electrons. The average molecular weight is 360 g/mol. The van der Waals surface area contributed by atoms with E-state index < -0.39 is 0 Å². The van der Waals surface area contributed by atoms with Gasteiger partial charge < -0.3 is 9.73 Å². The summed E-state index contributed by atoms with van der Waals surface area (Å²) in [7, 11) is 0. The Balaban J connectivity index is 1.46. The van der Waals surface area contributed by atoms with Gasteiger partial charge >= 0.3 is 0 Å². The van der Waals surface area contributed by atoms with Gasteiger partial charge in [-0.25, -0.2) is 5.43 Å². The van der Waals surface area contributed by atoms with E-state index in [9.17, 15) is 4.79 Å². The Kier molecular flexibility index (Phi) is 6.25. The molecule has 0 atom stereocenters. The molecule has 0 spiro atoms. The number of carbonyl (C=O) groups excluding carboxylic acids is 1. The number of halogens is 1. The Bertz CT molecular complexity index is 736. The summed E-state index contributed by atoms with van der Waals surface area (Å²) in [5.41, 5.74) is 3.41. The van der Waals surface area contributed by atoms with Crippen molar-refractivity contribution in [2.24, 2.45) is 5.10 Å². The Labute approximate surface area is 152 Å². The zero-order valence-electron chi connectivity index (χ0n) is 14.0. The molecule has 2 aromatic rings. The summed E-state index contributed by atoms with van der Waals surface area (Å²) in [4.78, 5) is 11.8. The molecule has 5 nitrogen and oxygen atoms in total. The number of benzene rings is 1. The molecule has 1 fully saturated rings. The monoisotopic (exact) mass is 359 g/mol. The first-order valence-electron chi connectivity index (χ1n) is 8.62. The molecule has 1 aliphatic rings. The predicted molar refractivity (Wildman–Crippen MR) is 99.8 cm³/mol. The maximum atomic E-state index is 11.8. The lowest BCUT2D eigenvalue weighted by Gasteiger charge is -2.22. The Hall–Kier alpha value is -2.11. The van der Waals surface area contributed by atoms with Gasteiger partial charge in [0.1, 0.15) is 11.5 Å². The minimum absolute atomic E-state index is 0.150. The van der Waals surface area contributed by atoms with E-state index in [1.54, 1.807) is 6.07 Å². The van der Waals surface area contributed by atoms with Crippen LogP contribution in [0.5, 0.6) is 0 Å². The molecule has 1 aliphatic carbocycles. The van der Waals surface area contributed by atoms with Gasteiger partial charge in [-0.1, -0.05) is 43.0 Å². The standard InChI is InChI=1S/C19H22ClN3O2/c20-15-6-4-5-14(11-15)18-10-9-17(25-18)12-22-23-19(24)13-21-16-7-2-1-3-8-16/h4-6,9-12,16,21H,1-3,7-8,13H2,(H,23,24)/b22-12-. The molecular formula is C19H22ClN3O2. The van der Waals surface area contributed by atoms with Crippen molar-refractivity contribution >= 4 is 23.7 Å². The van der Waals surface area contributed by atoms with E-state index in [0.717, 1.165) is 18.4 Å². The largest absolute Gasteiger partial charge is 0.455 e. The van der Waals surface area contributed by atoms with Crippen LogP contribution in [0.1, 0.15) is 37.9 Å². The minimum atomic E-state index is -0.150. The first kappa shape index (κ1) is 17.7. The highest BCUT2D eigenvalue weighted by Gasteiger charge is 2.13. The lowest BCUT2D eigenvalue weighted by atomic mass is 9.95. The van der Waals surface area contributed by atoms with Crippen molar-refractivity contribution in [1.29, 1.82) is 0 Å². The van der Waals surface area contributed by atoms with Crippen molar-refractivity contribution in [2.75, 3.05) is 6.54 Å². The smallest absolute Gasteiger partial charge is 0.254 e. The molecule has 6 heteroatoms. The summed E-state index contributed by atoms with van der Waals surface area (Å²) in [5, 5.41) is 7.88. The zero-order chi connectivity index (χ0) is 17.5. The summed E-state index contributed by atoms with van der Waals surface area (Å²) in [6, 6.07) is 11.5. The number of amides is 1. The maximum absolute atomic E-state index is 11.8. The molecule has 3 rings (SSSR count). The molecule has 1 saturated carbocycles. The van der Waals surface area contributed by atoms with Gasteiger partial charge in [-0.2, -0.15) is 5.10 Å². The molecule has 0 aliphatic heterocycles. The molecule has 0 saturated heterocycles. The number of furan rings is 1. The number of nitrogens with one attached hydrogen (secondary N) is 2. The third-order valence-corrected chi connectivity index (χ3v) is 4.51. The topological polar surface area (TPSA) is 66.6 Å². The fourth-order valence-corrected chi connectivity index (χ4v) is 3.16. The Morgan fingerprint density at radius 1 is 1.24 bits per heavy atom. The van der Waals surface area contributed by atoms with Crippen molar-refractivity contribution in [3.8, 4) is 11.3 Å². The van der Waals surface area contributed by atoms with Gasteiger partial charge in [0, 0.05) is 16.6 Å². The highest BCUT2D eigenvalue weighted by molar-refractivity contribution is 6.30. The van der Waals surface area contributed by atoms with Crippen LogP contribution in [0.2, 0.25) is 5.02 Å². The Morgan fingerprint density at radius 3 is 2.88 bits per heavy atom. The molecule has 0 unspecified atom stereocenters. The second-order valence-corrected chi connectivity index (χ2v) is 6.66. The van der Waals surface area contributed by atoms with Crippen LogP contribution in [-0.4, -0.2) is 24.7 Å². The van der Waals surface area contributed by atoms with E-state index in [-0.39, 0.29) is 12.5 Å². The van der Waals surface area contributed by atoms with Gasteiger partial charge in [-0.3, -0.25) is 4.79 Å². The van der Waals surface area contributed by atoms with Crippen molar-refractivity contribution in [1.82, 2.24) is 10.7 Å². The fraction of sp³-hybridized carbons (Fsp3) is 0.368. The number of carbonyl (C=O) groups is 1. The van der Waals surface area contributed by atoms with Gasteiger partial charge in [0.25, 0.3) is 5.91 Å². The summed E-state index contributed by atoms with van der Waals surface area (Å²) in [6.07, 6.45) is 7.57. The van der Waals surface area contributed by atoms with Crippen molar-refractivity contribution in [3.63, 3.8) is 0 Å². The second kappa shape index (κ2) is 8.83. The molecule has 1 aromatic heterocycles. The van der Waals surface area contributed by atoms with E-state index in [2.05, 4.69) is 15.8 Å². The lowest BCUT2D eigenvalue weighted by molar-refractivity contribution is -0.120. The third kappa shape index (κ3) is 5.44. The summed E-state index contributed by atoms with van der Waals surface area (Å²) >= 11 is 5.98. The van der Waals surface area contributed by atoms with Gasteiger partial charge in [0.05, 0.1) is 12.8 Å². The fourth-order valence-electron chi connectivity index (χ4n) is 2.97. The molecule has 1 heterocycles. The van der Waals surface area contributed by atoms with E-state index in [0.29, 0.717) is 22.6 Å². The lowest BCUT2D eigenvalue weighted by Crippen LogP contribution is -2.38. The van der Waals surface area contributed by atoms with Gasteiger partial charge in [-0.15, -0.1) is 0 Å². The number of hydrogen-bond donors (Lipinski definition) is 2. The molecular weight excluding hydrogens is 338 g/mol.